The lowest BCUT2D eigenvalue weighted by molar-refractivity contribution is 0.0922. The third-order valence-electron chi connectivity index (χ3n) is 4.41. The Bertz CT molecular complexity index is 633. The molecule has 0 spiro atoms. The summed E-state index contributed by atoms with van der Waals surface area (Å²) in [5.41, 5.74) is 8.85. The van der Waals surface area contributed by atoms with Crippen LogP contribution in [0.25, 0.3) is 11.4 Å². The molecule has 4 rings (SSSR count). The maximum Gasteiger partial charge on any atom is 0.184 e. The summed E-state index contributed by atoms with van der Waals surface area (Å²) in [4.78, 5) is 0. The van der Waals surface area contributed by atoms with Gasteiger partial charge in [-0.3, -0.25) is 0 Å². The topological polar surface area (TPSA) is 78.9 Å². The number of hydrogen-bond acceptors (Lipinski definition) is 5. The molecule has 2 saturated heterocycles. The van der Waals surface area contributed by atoms with Crippen LogP contribution < -0.4 is 5.73 Å². The summed E-state index contributed by atoms with van der Waals surface area (Å²) in [6, 6.07) is 6.10. The predicted octanol–water partition coefficient (Wildman–Crippen LogP) is 1.72. The van der Waals surface area contributed by atoms with Crippen molar-refractivity contribution in [1.82, 2.24) is 20.2 Å². The monoisotopic (exact) mass is 271 g/mol. The molecule has 2 N–H and O–H groups in total. The summed E-state index contributed by atoms with van der Waals surface area (Å²) < 4.78 is 7.82. The van der Waals surface area contributed by atoms with E-state index < -0.39 is 0 Å². The van der Waals surface area contributed by atoms with Crippen LogP contribution in [0.5, 0.6) is 0 Å². The van der Waals surface area contributed by atoms with Crippen LogP contribution in [0, 0.1) is 6.92 Å². The molecule has 6 nitrogen and oxygen atoms in total. The molecule has 6 heteroatoms. The first-order valence-electron chi connectivity index (χ1n) is 7.03. The molecule has 0 amide bonds. The normalized spacial score (nSPS) is 28.1. The Morgan fingerprint density at radius 1 is 1.35 bits per heavy atom. The molecule has 3 atom stereocenters. The predicted molar refractivity (Wildman–Crippen MR) is 74.0 cm³/mol. The fourth-order valence-corrected chi connectivity index (χ4v) is 3.45. The maximum atomic E-state index is 6.12. The van der Waals surface area contributed by atoms with Gasteiger partial charge < -0.3 is 10.5 Å². The smallest absolute Gasteiger partial charge is 0.184 e. The molecular formula is C14H17N5O. The van der Waals surface area contributed by atoms with Crippen molar-refractivity contribution in [3.8, 4) is 11.4 Å². The minimum Gasteiger partial charge on any atom is -0.398 e. The summed E-state index contributed by atoms with van der Waals surface area (Å²) in [5, 5.41) is 12.3. The number of hydrogen-bond donors (Lipinski definition) is 1. The second kappa shape index (κ2) is 4.28. The van der Waals surface area contributed by atoms with E-state index in [2.05, 4.69) is 15.5 Å². The fourth-order valence-electron chi connectivity index (χ4n) is 3.45. The van der Waals surface area contributed by atoms with Crippen LogP contribution in [0.2, 0.25) is 0 Å². The summed E-state index contributed by atoms with van der Waals surface area (Å²) >= 11 is 0. The summed E-state index contributed by atoms with van der Waals surface area (Å²) in [7, 11) is 0. The zero-order valence-corrected chi connectivity index (χ0v) is 11.4. The first-order chi connectivity index (χ1) is 9.74. The zero-order chi connectivity index (χ0) is 13.7. The summed E-state index contributed by atoms with van der Waals surface area (Å²) in [6.45, 7) is 2.03. The van der Waals surface area contributed by atoms with Gasteiger partial charge in [0.2, 0.25) is 0 Å². The number of nitrogens with zero attached hydrogens (tertiary/aromatic N) is 4. The minimum absolute atomic E-state index is 0.234. The highest BCUT2D eigenvalue weighted by Gasteiger charge is 2.43. The minimum atomic E-state index is 0.234. The van der Waals surface area contributed by atoms with Crippen LogP contribution in [0.15, 0.2) is 18.2 Å². The number of aromatic nitrogens is 4. The van der Waals surface area contributed by atoms with Crippen molar-refractivity contribution in [1.29, 1.82) is 0 Å². The third-order valence-corrected chi connectivity index (χ3v) is 4.41. The highest BCUT2D eigenvalue weighted by Crippen LogP contribution is 2.43. The zero-order valence-electron chi connectivity index (χ0n) is 11.4. The van der Waals surface area contributed by atoms with Crippen molar-refractivity contribution >= 4 is 5.69 Å². The van der Waals surface area contributed by atoms with Crippen LogP contribution >= 0.6 is 0 Å². The Balaban J connectivity index is 1.79. The Hall–Kier alpha value is -1.95. The molecule has 0 saturated carbocycles. The van der Waals surface area contributed by atoms with Crippen molar-refractivity contribution in [3.63, 3.8) is 0 Å². The van der Waals surface area contributed by atoms with Gasteiger partial charge in [-0.05, 0) is 48.2 Å². The summed E-state index contributed by atoms with van der Waals surface area (Å²) in [6.07, 6.45) is 3.86. The lowest BCUT2D eigenvalue weighted by atomic mass is 9.95. The first-order valence-corrected chi connectivity index (χ1v) is 7.03. The van der Waals surface area contributed by atoms with E-state index in [1.807, 2.05) is 29.8 Å². The van der Waals surface area contributed by atoms with Gasteiger partial charge in [-0.25, -0.2) is 4.68 Å². The molecule has 2 aliphatic rings. The van der Waals surface area contributed by atoms with Crippen molar-refractivity contribution in [3.05, 3.63) is 23.8 Å². The number of ether oxygens (including phenoxy) is 1. The molecule has 104 valence electrons. The molecule has 20 heavy (non-hydrogen) atoms. The van der Waals surface area contributed by atoms with Crippen LogP contribution in [-0.2, 0) is 4.74 Å². The Morgan fingerprint density at radius 2 is 2.25 bits per heavy atom. The second-order valence-electron chi connectivity index (χ2n) is 5.66. The Morgan fingerprint density at radius 3 is 2.95 bits per heavy atom. The average Bonchev–Trinajstić information content (AvgIpc) is 3.14. The molecule has 2 bridgehead atoms. The van der Waals surface area contributed by atoms with E-state index in [-0.39, 0.29) is 12.1 Å². The molecule has 1 aromatic heterocycles. The van der Waals surface area contributed by atoms with Crippen LogP contribution in [0.1, 0.15) is 30.9 Å². The number of anilines is 1. The first kappa shape index (κ1) is 11.8. The van der Waals surface area contributed by atoms with Gasteiger partial charge in [-0.2, -0.15) is 0 Å². The molecule has 1 aromatic carbocycles. The fraction of sp³-hybridized carbons (Fsp3) is 0.500. The third kappa shape index (κ3) is 1.64. The average molecular weight is 271 g/mol. The SMILES string of the molecule is Cc1cccc(N)c1-c1nnnn1C1CC2CCC1O2. The molecule has 2 fully saturated rings. The highest BCUT2D eigenvalue weighted by molar-refractivity contribution is 5.74. The molecule has 2 aliphatic heterocycles. The van der Waals surface area contributed by atoms with Gasteiger partial charge in [0.15, 0.2) is 5.82 Å². The Labute approximate surface area is 116 Å². The van der Waals surface area contributed by atoms with Gasteiger partial charge in [0, 0.05) is 11.3 Å². The second-order valence-corrected chi connectivity index (χ2v) is 5.66. The van der Waals surface area contributed by atoms with E-state index in [4.69, 9.17) is 10.5 Å². The molecule has 3 unspecified atom stereocenters. The number of tetrazole rings is 1. The van der Waals surface area contributed by atoms with Crippen LogP contribution in [0.3, 0.4) is 0 Å². The van der Waals surface area contributed by atoms with Gasteiger partial charge in [0.25, 0.3) is 0 Å². The van der Waals surface area contributed by atoms with Gasteiger partial charge in [-0.1, -0.05) is 12.1 Å². The lowest BCUT2D eigenvalue weighted by Crippen LogP contribution is -2.23. The highest BCUT2D eigenvalue weighted by atomic mass is 16.5. The molecular weight excluding hydrogens is 254 g/mol. The van der Waals surface area contributed by atoms with Gasteiger partial charge in [-0.15, -0.1) is 5.10 Å². The van der Waals surface area contributed by atoms with E-state index in [0.717, 1.165) is 36.2 Å². The molecule has 0 aliphatic carbocycles. The molecule has 3 heterocycles. The maximum absolute atomic E-state index is 6.12. The van der Waals surface area contributed by atoms with E-state index in [1.165, 1.54) is 0 Å². The number of nitrogens with two attached hydrogens (primary N) is 1. The standard InChI is InChI=1S/C14H17N5O/c1-8-3-2-4-10(15)13(8)14-16-17-18-19(14)11-7-9-5-6-12(11)20-9/h2-4,9,11-12H,5-7,15H2,1H3. The van der Waals surface area contributed by atoms with Crippen molar-refractivity contribution < 1.29 is 4.74 Å². The number of fused-ring (bicyclic) bond motifs is 2. The van der Waals surface area contributed by atoms with E-state index in [0.29, 0.717) is 11.8 Å². The van der Waals surface area contributed by atoms with Crippen LogP contribution in [-0.4, -0.2) is 32.4 Å². The van der Waals surface area contributed by atoms with E-state index in [1.54, 1.807) is 0 Å². The van der Waals surface area contributed by atoms with E-state index in [9.17, 15) is 0 Å². The van der Waals surface area contributed by atoms with Gasteiger partial charge in [0.1, 0.15) is 0 Å². The Kier molecular flexibility index (Phi) is 2.53. The number of aryl methyl sites for hydroxylation is 1. The number of rotatable bonds is 2. The van der Waals surface area contributed by atoms with Crippen LogP contribution in [0.4, 0.5) is 5.69 Å². The molecule has 2 aromatic rings. The summed E-state index contributed by atoms with van der Waals surface area (Å²) in [5.74, 6) is 0.752. The lowest BCUT2D eigenvalue weighted by Gasteiger charge is -2.20. The number of benzene rings is 1. The van der Waals surface area contributed by atoms with Crippen molar-refractivity contribution in [2.75, 3.05) is 5.73 Å². The van der Waals surface area contributed by atoms with E-state index >= 15 is 0 Å². The largest absolute Gasteiger partial charge is 0.398 e. The quantitative estimate of drug-likeness (QED) is 0.841. The van der Waals surface area contributed by atoms with Gasteiger partial charge >= 0.3 is 0 Å². The van der Waals surface area contributed by atoms with Crippen molar-refractivity contribution in [2.45, 2.75) is 44.4 Å². The number of nitrogen functional groups attached to an aromatic ring is 1. The van der Waals surface area contributed by atoms with Crippen molar-refractivity contribution in [2.24, 2.45) is 0 Å². The van der Waals surface area contributed by atoms with Gasteiger partial charge in [0.05, 0.1) is 18.2 Å². The molecule has 0 radical (unpaired) electrons.